The number of methoxy groups -OCH3 is 1. The third-order valence-electron chi connectivity index (χ3n) is 4.40. The lowest BCUT2D eigenvalue weighted by Gasteiger charge is -2.19. The molecule has 0 amide bonds. The number of aliphatic hydroxyl groups is 1. The van der Waals surface area contributed by atoms with Crippen molar-refractivity contribution in [3.05, 3.63) is 70.2 Å². The maximum atomic E-state index is 14.1. The predicted octanol–water partition coefficient (Wildman–Crippen LogP) is 2.84. The number of hydrogen-bond acceptors (Lipinski definition) is 5. The molecule has 0 saturated heterocycles. The number of benzene rings is 2. The highest BCUT2D eigenvalue weighted by Crippen LogP contribution is 2.31. The summed E-state index contributed by atoms with van der Waals surface area (Å²) >= 11 is 0. The Hall–Kier alpha value is -3.68. The van der Waals surface area contributed by atoms with Crippen LogP contribution in [0.5, 0.6) is 5.75 Å². The standard InChI is InChI=1S/C19H15FN4O3/c1-27-10-6-7-11-13(8-10)22-18(23-19(11)26)16-15(25)9-24(17(16)21)14-5-3-2-4-12(14)20/h2-8,21,25H,9H2,1H3,(H,22,23,26). The molecule has 0 radical (unpaired) electrons. The fourth-order valence-electron chi connectivity index (χ4n) is 3.07. The number of nitrogens with one attached hydrogen (secondary N) is 2. The van der Waals surface area contributed by atoms with Gasteiger partial charge in [-0.3, -0.25) is 10.2 Å². The number of rotatable bonds is 3. The van der Waals surface area contributed by atoms with Crippen molar-refractivity contribution in [1.29, 1.82) is 5.41 Å². The van der Waals surface area contributed by atoms with E-state index in [2.05, 4.69) is 9.97 Å². The number of hydrogen-bond donors (Lipinski definition) is 3. The molecule has 3 aromatic rings. The van der Waals surface area contributed by atoms with E-state index in [-0.39, 0.29) is 35.2 Å². The lowest BCUT2D eigenvalue weighted by atomic mass is 10.2. The number of anilines is 1. The van der Waals surface area contributed by atoms with Crippen LogP contribution in [0.25, 0.3) is 16.5 Å². The topological polar surface area (TPSA) is 102 Å². The maximum absolute atomic E-state index is 14.1. The van der Waals surface area contributed by atoms with Crippen LogP contribution in [0, 0.1) is 11.2 Å². The lowest BCUT2D eigenvalue weighted by Crippen LogP contribution is -2.27. The summed E-state index contributed by atoms with van der Waals surface area (Å²) in [6.45, 7) is -0.0883. The summed E-state index contributed by atoms with van der Waals surface area (Å²) in [5, 5.41) is 19.1. The monoisotopic (exact) mass is 366 g/mol. The first-order valence-electron chi connectivity index (χ1n) is 8.11. The Morgan fingerprint density at radius 1 is 1.30 bits per heavy atom. The zero-order valence-electron chi connectivity index (χ0n) is 14.3. The van der Waals surface area contributed by atoms with Gasteiger partial charge in [-0.1, -0.05) is 12.1 Å². The highest BCUT2D eigenvalue weighted by atomic mass is 19.1. The van der Waals surface area contributed by atoms with E-state index in [1.54, 1.807) is 30.3 Å². The molecule has 3 N–H and O–H groups in total. The molecule has 7 nitrogen and oxygen atoms in total. The van der Waals surface area contributed by atoms with E-state index >= 15 is 0 Å². The average Bonchev–Trinajstić information content (AvgIpc) is 2.95. The molecular weight excluding hydrogens is 351 g/mol. The minimum atomic E-state index is -0.513. The number of fused-ring (bicyclic) bond motifs is 1. The van der Waals surface area contributed by atoms with E-state index in [0.29, 0.717) is 16.7 Å². The van der Waals surface area contributed by atoms with Crippen molar-refractivity contribution in [2.24, 2.45) is 0 Å². The fraction of sp³-hybridized carbons (Fsp3) is 0.105. The third kappa shape index (κ3) is 2.71. The normalized spacial score (nSPS) is 14.3. The molecule has 0 bridgehead atoms. The van der Waals surface area contributed by atoms with Crippen LogP contribution in [-0.2, 0) is 0 Å². The highest BCUT2D eigenvalue weighted by molar-refractivity contribution is 6.30. The number of amidine groups is 1. The first-order valence-corrected chi connectivity index (χ1v) is 8.11. The van der Waals surface area contributed by atoms with E-state index in [0.717, 1.165) is 0 Å². The highest BCUT2D eigenvalue weighted by Gasteiger charge is 2.32. The van der Waals surface area contributed by atoms with Crippen LogP contribution in [0.3, 0.4) is 0 Å². The fourth-order valence-corrected chi connectivity index (χ4v) is 3.07. The van der Waals surface area contributed by atoms with Crippen LogP contribution in [0.2, 0.25) is 0 Å². The largest absolute Gasteiger partial charge is 0.509 e. The molecule has 2 aromatic carbocycles. The maximum Gasteiger partial charge on any atom is 0.259 e. The molecule has 0 aliphatic carbocycles. The lowest BCUT2D eigenvalue weighted by molar-refractivity contribution is 0.411. The molecular formula is C19H15FN4O3. The molecule has 0 spiro atoms. The summed E-state index contributed by atoms with van der Waals surface area (Å²) in [5.41, 5.74) is 0.176. The van der Waals surface area contributed by atoms with Gasteiger partial charge in [0, 0.05) is 6.07 Å². The van der Waals surface area contributed by atoms with Crippen molar-refractivity contribution in [3.63, 3.8) is 0 Å². The Balaban J connectivity index is 1.81. The van der Waals surface area contributed by atoms with Crippen LogP contribution < -0.4 is 15.2 Å². The van der Waals surface area contributed by atoms with Crippen molar-refractivity contribution in [2.75, 3.05) is 18.6 Å². The molecule has 1 aliphatic heterocycles. The number of halogens is 1. The van der Waals surface area contributed by atoms with E-state index in [1.807, 2.05) is 0 Å². The summed E-state index contributed by atoms with van der Waals surface area (Å²) in [6, 6.07) is 10.8. The molecule has 27 heavy (non-hydrogen) atoms. The van der Waals surface area contributed by atoms with Crippen LogP contribution in [0.4, 0.5) is 10.1 Å². The van der Waals surface area contributed by atoms with Crippen LogP contribution in [-0.4, -0.2) is 34.6 Å². The van der Waals surface area contributed by atoms with Gasteiger partial charge in [0.1, 0.15) is 29.0 Å². The molecule has 0 saturated carbocycles. The van der Waals surface area contributed by atoms with Gasteiger partial charge in [-0.25, -0.2) is 9.37 Å². The van der Waals surface area contributed by atoms with Gasteiger partial charge in [0.15, 0.2) is 0 Å². The first-order chi connectivity index (χ1) is 13.0. The summed E-state index contributed by atoms with van der Waals surface area (Å²) in [7, 11) is 1.50. The van der Waals surface area contributed by atoms with E-state index in [4.69, 9.17) is 10.1 Å². The Morgan fingerprint density at radius 3 is 2.81 bits per heavy atom. The zero-order chi connectivity index (χ0) is 19.1. The third-order valence-corrected chi connectivity index (χ3v) is 4.40. The molecule has 8 heteroatoms. The Morgan fingerprint density at radius 2 is 2.07 bits per heavy atom. The van der Waals surface area contributed by atoms with Gasteiger partial charge in [-0.15, -0.1) is 0 Å². The Kier molecular flexibility index (Phi) is 3.88. The molecule has 4 rings (SSSR count). The number of nitrogens with zero attached hydrogens (tertiary/aromatic N) is 2. The number of H-pyrrole nitrogens is 1. The number of aromatic nitrogens is 2. The van der Waals surface area contributed by atoms with Crippen molar-refractivity contribution < 1.29 is 14.2 Å². The number of aliphatic hydroxyl groups excluding tert-OH is 1. The minimum Gasteiger partial charge on any atom is -0.509 e. The summed E-state index contributed by atoms with van der Waals surface area (Å²) < 4.78 is 19.3. The Bertz CT molecular complexity index is 1170. The average molecular weight is 366 g/mol. The number of ether oxygens (including phenoxy) is 1. The van der Waals surface area contributed by atoms with Crippen LogP contribution in [0.15, 0.2) is 53.0 Å². The molecule has 0 unspecified atom stereocenters. The van der Waals surface area contributed by atoms with E-state index in [1.165, 1.54) is 24.1 Å². The van der Waals surface area contributed by atoms with E-state index in [9.17, 15) is 14.3 Å². The molecule has 1 aromatic heterocycles. The molecule has 0 atom stereocenters. The van der Waals surface area contributed by atoms with E-state index < -0.39 is 11.4 Å². The summed E-state index contributed by atoms with van der Waals surface area (Å²) in [4.78, 5) is 20.7. The van der Waals surface area contributed by atoms with Gasteiger partial charge in [0.2, 0.25) is 0 Å². The molecule has 136 valence electrons. The zero-order valence-corrected chi connectivity index (χ0v) is 14.3. The van der Waals surface area contributed by atoms with Gasteiger partial charge in [-0.2, -0.15) is 0 Å². The second-order valence-electron chi connectivity index (χ2n) is 6.01. The molecule has 1 aliphatic rings. The predicted molar refractivity (Wildman–Crippen MR) is 99.9 cm³/mol. The molecule has 0 fully saturated rings. The van der Waals surface area contributed by atoms with Gasteiger partial charge in [0.25, 0.3) is 5.56 Å². The van der Waals surface area contributed by atoms with Crippen molar-refractivity contribution in [1.82, 2.24) is 9.97 Å². The Labute approximate surface area is 152 Å². The number of para-hydroxylation sites is 1. The van der Waals surface area contributed by atoms with Crippen molar-refractivity contribution in [3.8, 4) is 5.75 Å². The van der Waals surface area contributed by atoms with Gasteiger partial charge >= 0.3 is 0 Å². The summed E-state index contributed by atoms with van der Waals surface area (Å²) in [6.07, 6.45) is 0. The van der Waals surface area contributed by atoms with Gasteiger partial charge in [-0.05, 0) is 24.3 Å². The SMILES string of the molecule is COc1ccc2c(=O)[nH]c(C3=C(O)CN(c4ccccc4F)C3=N)nc2c1. The van der Waals surface area contributed by atoms with Crippen molar-refractivity contribution >= 4 is 28.0 Å². The molecule has 2 heterocycles. The van der Waals surface area contributed by atoms with Gasteiger partial charge < -0.3 is 19.7 Å². The first kappa shape index (κ1) is 16.8. The van der Waals surface area contributed by atoms with Crippen LogP contribution in [0.1, 0.15) is 5.82 Å². The van der Waals surface area contributed by atoms with Crippen molar-refractivity contribution in [2.45, 2.75) is 0 Å². The quantitative estimate of drug-likeness (QED) is 0.661. The minimum absolute atomic E-state index is 0.0436. The second kappa shape index (κ2) is 6.24. The van der Waals surface area contributed by atoms with Crippen LogP contribution >= 0.6 is 0 Å². The number of aromatic amines is 1. The van der Waals surface area contributed by atoms with Gasteiger partial charge in [0.05, 0.1) is 35.8 Å². The second-order valence-corrected chi connectivity index (χ2v) is 6.01. The summed E-state index contributed by atoms with van der Waals surface area (Å²) in [5.74, 6) is -0.265. The smallest absolute Gasteiger partial charge is 0.259 e.